The molecule has 2 heterocycles. The number of hydrogen-bond donors (Lipinski definition) is 3. The number of primary amides is 1. The Kier molecular flexibility index (Phi) is 7.28. The zero-order chi connectivity index (χ0) is 25.9. The second kappa shape index (κ2) is 10.2. The summed E-state index contributed by atoms with van der Waals surface area (Å²) in [6.07, 6.45) is -3.38. The van der Waals surface area contributed by atoms with Crippen LogP contribution in [0.15, 0.2) is 47.7 Å². The van der Waals surface area contributed by atoms with E-state index in [9.17, 15) is 22.8 Å². The molecule has 2 amide bonds. The Morgan fingerprint density at radius 1 is 1.17 bits per heavy atom. The number of allylic oxidation sites excluding steroid dienone is 2. The Balaban J connectivity index is 1.75. The zero-order valence-electron chi connectivity index (χ0n) is 18.9. The van der Waals surface area contributed by atoms with Crippen LogP contribution in [-0.2, 0) is 24.6 Å². The topological polar surface area (TPSA) is 146 Å². The van der Waals surface area contributed by atoms with Crippen LogP contribution in [0.2, 0.25) is 0 Å². The van der Waals surface area contributed by atoms with Gasteiger partial charge >= 0.3 is 6.36 Å². The first-order valence-electron chi connectivity index (χ1n) is 10.8. The van der Waals surface area contributed by atoms with Crippen molar-refractivity contribution in [1.29, 1.82) is 0 Å². The number of carbonyl (C=O) groups excluding carboxylic acids is 2. The van der Waals surface area contributed by atoms with Gasteiger partial charge in [-0.2, -0.15) is 0 Å². The molecule has 1 aromatic heterocycles. The lowest BCUT2D eigenvalue weighted by Crippen LogP contribution is -2.54. The van der Waals surface area contributed by atoms with E-state index in [4.69, 9.17) is 16.2 Å². The highest BCUT2D eigenvalue weighted by Gasteiger charge is 2.49. The third kappa shape index (κ3) is 5.83. The van der Waals surface area contributed by atoms with E-state index < -0.39 is 35.9 Å². The molecule has 2 aromatic rings. The lowest BCUT2D eigenvalue weighted by molar-refractivity contribution is -0.310. The molecule has 192 valence electrons. The summed E-state index contributed by atoms with van der Waals surface area (Å²) in [4.78, 5) is 26.9. The molecule has 1 saturated heterocycles. The number of nitrogen functional groups attached to an aromatic ring is 1. The second-order valence-electron chi connectivity index (χ2n) is 8.19. The molecular formula is C22H23F3N6O4S. The number of carbonyl (C=O) groups is 2. The molecule has 14 heteroatoms. The van der Waals surface area contributed by atoms with E-state index in [1.807, 2.05) is 0 Å². The van der Waals surface area contributed by atoms with Gasteiger partial charge in [-0.3, -0.25) is 14.5 Å². The number of hydrogen-bond acceptors (Lipinski definition) is 9. The fraction of sp³-hybridized carbons (Fsp3) is 0.364. The fourth-order valence-corrected chi connectivity index (χ4v) is 4.88. The van der Waals surface area contributed by atoms with E-state index in [2.05, 4.69) is 20.3 Å². The molecule has 1 aliphatic heterocycles. The van der Waals surface area contributed by atoms with Crippen LogP contribution < -0.4 is 16.8 Å². The molecule has 0 bridgehead atoms. The first-order chi connectivity index (χ1) is 17.1. The summed E-state index contributed by atoms with van der Waals surface area (Å²) in [6, 6.07) is 6.65. The zero-order valence-corrected chi connectivity index (χ0v) is 19.7. The number of halogens is 3. The van der Waals surface area contributed by atoms with Gasteiger partial charge in [0.1, 0.15) is 10.8 Å². The number of anilines is 1. The fourth-order valence-electron chi connectivity index (χ4n) is 3.88. The molecule has 10 nitrogen and oxygen atoms in total. The maximum Gasteiger partial charge on any atom is 0.572 e. The van der Waals surface area contributed by atoms with E-state index in [1.165, 1.54) is 0 Å². The highest BCUT2D eigenvalue weighted by Crippen LogP contribution is 2.44. The van der Waals surface area contributed by atoms with Crippen molar-refractivity contribution in [2.45, 2.75) is 18.3 Å². The standard InChI is InChI=1S/C22H23F3N6O4S/c23-22(24,25)35-16-6-3-14(18(27)33)11-21(16,28-17(32)12-31-7-9-34-10-8-31)20-30-29-19(36-20)13-1-4-15(26)5-2-13/h1-6H,7-12,26H2,(H2,27,33)(H,28,32). The summed E-state index contributed by atoms with van der Waals surface area (Å²) in [5.41, 5.74) is 10.3. The van der Waals surface area contributed by atoms with Crippen LogP contribution in [0, 0.1) is 0 Å². The van der Waals surface area contributed by atoms with Crippen molar-refractivity contribution < 1.29 is 32.2 Å². The van der Waals surface area contributed by atoms with Crippen molar-refractivity contribution >= 4 is 28.8 Å². The van der Waals surface area contributed by atoms with Crippen molar-refractivity contribution in [3.63, 3.8) is 0 Å². The number of morpholine rings is 1. The Morgan fingerprint density at radius 2 is 1.86 bits per heavy atom. The maximum absolute atomic E-state index is 13.4. The summed E-state index contributed by atoms with van der Waals surface area (Å²) in [5.74, 6) is -2.11. The molecule has 1 aliphatic carbocycles. The third-order valence-corrected chi connectivity index (χ3v) is 6.76. The van der Waals surface area contributed by atoms with E-state index in [1.54, 1.807) is 29.2 Å². The summed E-state index contributed by atoms with van der Waals surface area (Å²) in [6.45, 7) is 1.71. The molecule has 2 aliphatic rings. The van der Waals surface area contributed by atoms with Gasteiger partial charge in [0.25, 0.3) is 0 Å². The second-order valence-corrected chi connectivity index (χ2v) is 9.17. The van der Waals surface area contributed by atoms with E-state index >= 15 is 0 Å². The molecule has 0 saturated carbocycles. The lowest BCUT2D eigenvalue weighted by atomic mass is 9.84. The summed E-state index contributed by atoms with van der Waals surface area (Å²) < 4.78 is 49.9. The predicted octanol–water partition coefficient (Wildman–Crippen LogP) is 1.67. The molecule has 1 unspecified atom stereocenters. The van der Waals surface area contributed by atoms with E-state index in [-0.39, 0.29) is 17.1 Å². The van der Waals surface area contributed by atoms with Crippen LogP contribution in [0.3, 0.4) is 0 Å². The van der Waals surface area contributed by atoms with Crippen LogP contribution in [0.1, 0.15) is 11.4 Å². The number of aromatic nitrogens is 2. The van der Waals surface area contributed by atoms with Gasteiger partial charge in [-0.1, -0.05) is 17.4 Å². The average Bonchev–Trinajstić information content (AvgIpc) is 3.31. The number of benzene rings is 1. The lowest BCUT2D eigenvalue weighted by Gasteiger charge is -2.37. The summed E-state index contributed by atoms with van der Waals surface area (Å²) in [7, 11) is 0. The van der Waals surface area contributed by atoms with E-state index in [0.29, 0.717) is 42.6 Å². The normalized spacial score (nSPS) is 20.9. The van der Waals surface area contributed by atoms with Crippen molar-refractivity contribution in [2.75, 3.05) is 38.6 Å². The maximum atomic E-state index is 13.4. The minimum absolute atomic E-state index is 0.00741. The number of amides is 2. The first kappa shape index (κ1) is 25.6. The van der Waals surface area contributed by atoms with Crippen LogP contribution >= 0.6 is 11.3 Å². The van der Waals surface area contributed by atoms with Crippen LogP contribution in [0.4, 0.5) is 18.9 Å². The number of nitrogens with two attached hydrogens (primary N) is 2. The van der Waals surface area contributed by atoms with Gasteiger partial charge in [0.2, 0.25) is 11.8 Å². The minimum atomic E-state index is -5.07. The molecule has 1 aromatic carbocycles. The van der Waals surface area contributed by atoms with Gasteiger partial charge in [0.15, 0.2) is 10.5 Å². The van der Waals surface area contributed by atoms with Crippen molar-refractivity contribution in [2.24, 2.45) is 5.73 Å². The van der Waals surface area contributed by atoms with Gasteiger partial charge in [0, 0.05) is 36.3 Å². The van der Waals surface area contributed by atoms with Gasteiger partial charge in [-0.05, 0) is 30.3 Å². The SMILES string of the molecule is NC(=O)C1=CC=C(OC(F)(F)F)C(NC(=O)CN2CCOCC2)(c2nnc(-c3ccc(N)cc3)s2)C1. The molecule has 1 atom stereocenters. The molecule has 0 radical (unpaired) electrons. The van der Waals surface area contributed by atoms with Crippen LogP contribution in [0.5, 0.6) is 0 Å². The molecule has 36 heavy (non-hydrogen) atoms. The van der Waals surface area contributed by atoms with Gasteiger partial charge in [0.05, 0.1) is 19.8 Å². The molecule has 4 rings (SSSR count). The highest BCUT2D eigenvalue weighted by atomic mass is 32.1. The van der Waals surface area contributed by atoms with Crippen LogP contribution in [-0.4, -0.2) is 66.1 Å². The van der Waals surface area contributed by atoms with Gasteiger partial charge in [-0.15, -0.1) is 23.4 Å². The average molecular weight is 525 g/mol. The number of nitrogens with zero attached hydrogens (tertiary/aromatic N) is 3. The quantitative estimate of drug-likeness (QED) is 0.464. The first-order valence-corrected chi connectivity index (χ1v) is 11.7. The van der Waals surface area contributed by atoms with Crippen molar-refractivity contribution in [1.82, 2.24) is 20.4 Å². The Labute approximate surface area is 207 Å². The number of nitrogens with one attached hydrogen (secondary N) is 1. The predicted molar refractivity (Wildman–Crippen MR) is 124 cm³/mol. The Hall–Kier alpha value is -3.49. The monoisotopic (exact) mass is 524 g/mol. The molecular weight excluding hydrogens is 501 g/mol. The number of rotatable bonds is 7. The van der Waals surface area contributed by atoms with E-state index in [0.717, 1.165) is 23.5 Å². The molecule has 0 spiro atoms. The van der Waals surface area contributed by atoms with Crippen LogP contribution in [0.25, 0.3) is 10.6 Å². The highest BCUT2D eigenvalue weighted by molar-refractivity contribution is 7.14. The summed E-state index contributed by atoms with van der Waals surface area (Å²) in [5, 5.41) is 11.2. The Morgan fingerprint density at radius 3 is 2.50 bits per heavy atom. The smallest absolute Gasteiger partial charge is 0.407 e. The largest absolute Gasteiger partial charge is 0.572 e. The van der Waals surface area contributed by atoms with Crippen molar-refractivity contribution in [3.05, 3.63) is 52.8 Å². The van der Waals surface area contributed by atoms with Gasteiger partial charge in [-0.25, -0.2) is 0 Å². The van der Waals surface area contributed by atoms with Gasteiger partial charge < -0.3 is 26.3 Å². The minimum Gasteiger partial charge on any atom is -0.407 e. The number of alkyl halides is 3. The Bertz CT molecular complexity index is 1190. The third-order valence-electron chi connectivity index (χ3n) is 5.63. The molecule has 1 fully saturated rings. The number of ether oxygens (including phenoxy) is 2. The van der Waals surface area contributed by atoms with Crippen molar-refractivity contribution in [3.8, 4) is 10.6 Å². The summed E-state index contributed by atoms with van der Waals surface area (Å²) >= 11 is 0.950. The molecule has 5 N–H and O–H groups in total.